The fourth-order valence-corrected chi connectivity index (χ4v) is 2.64. The van der Waals surface area contributed by atoms with Crippen LogP contribution in [0.5, 0.6) is 0 Å². The normalized spacial score (nSPS) is 15.4. The molecule has 0 spiro atoms. The van der Waals surface area contributed by atoms with Crippen LogP contribution in [0.3, 0.4) is 0 Å². The monoisotopic (exact) mass is 322 g/mol. The third-order valence-electron chi connectivity index (χ3n) is 2.72. The average molecular weight is 322 g/mol. The zero-order chi connectivity index (χ0) is 15.6. The van der Waals surface area contributed by atoms with Crippen molar-refractivity contribution in [2.75, 3.05) is 23.5 Å². The number of nitrogens with one attached hydrogen (secondary N) is 1. The Hall–Kier alpha value is -1.77. The van der Waals surface area contributed by atoms with Crippen LogP contribution in [-0.2, 0) is 15.8 Å². The lowest BCUT2D eigenvalue weighted by Crippen LogP contribution is -2.34. The molecule has 1 aliphatic heterocycles. The van der Waals surface area contributed by atoms with Crippen molar-refractivity contribution < 1.29 is 27.2 Å². The molecule has 2 rings (SSSR count). The Morgan fingerprint density at radius 3 is 2.67 bits per heavy atom. The van der Waals surface area contributed by atoms with Gasteiger partial charge < -0.3 is 10.2 Å². The SMILES string of the molecule is O=C(CN1CSCC1=O)Nc1ccc(F)c(C(F)(F)F)c1. The van der Waals surface area contributed by atoms with Crippen LogP contribution >= 0.6 is 11.8 Å². The van der Waals surface area contributed by atoms with Crippen molar-refractivity contribution in [2.24, 2.45) is 0 Å². The van der Waals surface area contributed by atoms with E-state index in [1.807, 2.05) is 0 Å². The molecule has 1 aromatic carbocycles. The van der Waals surface area contributed by atoms with Gasteiger partial charge in [0.2, 0.25) is 11.8 Å². The maximum absolute atomic E-state index is 13.1. The standard InChI is InChI=1S/C12H10F4N2O2S/c13-9-2-1-7(3-8(9)12(14,15)16)17-10(19)4-18-6-21-5-11(18)20/h1-3H,4-6H2,(H,17,19). The molecule has 21 heavy (non-hydrogen) atoms. The summed E-state index contributed by atoms with van der Waals surface area (Å²) in [6.45, 7) is -0.245. The summed E-state index contributed by atoms with van der Waals surface area (Å²) in [5, 5.41) is 2.22. The van der Waals surface area contributed by atoms with Gasteiger partial charge in [-0.2, -0.15) is 13.2 Å². The first-order valence-corrected chi connectivity index (χ1v) is 6.95. The summed E-state index contributed by atoms with van der Waals surface area (Å²) in [5.41, 5.74) is -1.62. The molecule has 1 N–H and O–H groups in total. The second kappa shape index (κ2) is 5.92. The molecular formula is C12H10F4N2O2S. The first-order chi connectivity index (χ1) is 9.77. The Kier molecular flexibility index (Phi) is 4.40. The number of benzene rings is 1. The van der Waals surface area contributed by atoms with Gasteiger partial charge in [-0.1, -0.05) is 0 Å². The molecule has 0 bridgehead atoms. The lowest BCUT2D eigenvalue weighted by atomic mass is 10.2. The number of halogens is 4. The fraction of sp³-hybridized carbons (Fsp3) is 0.333. The van der Waals surface area contributed by atoms with Crippen LogP contribution in [0.15, 0.2) is 18.2 Å². The Morgan fingerprint density at radius 2 is 2.10 bits per heavy atom. The van der Waals surface area contributed by atoms with Crippen LogP contribution in [0.4, 0.5) is 23.2 Å². The predicted octanol–water partition coefficient (Wildman–Crippen LogP) is 2.32. The van der Waals surface area contributed by atoms with Gasteiger partial charge in [0.25, 0.3) is 0 Å². The molecule has 1 aromatic rings. The van der Waals surface area contributed by atoms with E-state index in [2.05, 4.69) is 5.32 Å². The number of hydrogen-bond donors (Lipinski definition) is 1. The third-order valence-corrected chi connectivity index (χ3v) is 3.66. The molecule has 9 heteroatoms. The van der Waals surface area contributed by atoms with E-state index in [0.717, 1.165) is 6.07 Å². The summed E-state index contributed by atoms with van der Waals surface area (Å²) in [4.78, 5) is 24.3. The van der Waals surface area contributed by atoms with Gasteiger partial charge in [-0.25, -0.2) is 4.39 Å². The molecule has 0 unspecified atom stereocenters. The van der Waals surface area contributed by atoms with Gasteiger partial charge in [-0.3, -0.25) is 9.59 Å². The highest BCUT2D eigenvalue weighted by Crippen LogP contribution is 2.33. The Morgan fingerprint density at radius 1 is 1.38 bits per heavy atom. The number of hydrogen-bond acceptors (Lipinski definition) is 3. The zero-order valence-corrected chi connectivity index (χ0v) is 11.4. The number of amides is 2. The molecule has 0 saturated carbocycles. The Balaban J connectivity index is 2.06. The molecule has 1 aliphatic rings. The van der Waals surface area contributed by atoms with Crippen molar-refractivity contribution in [2.45, 2.75) is 6.18 Å². The maximum atomic E-state index is 13.1. The van der Waals surface area contributed by atoms with Crippen molar-refractivity contribution >= 4 is 29.3 Å². The minimum Gasteiger partial charge on any atom is -0.325 e. The molecular weight excluding hydrogens is 312 g/mol. The first-order valence-electron chi connectivity index (χ1n) is 5.79. The summed E-state index contributed by atoms with van der Waals surface area (Å²) in [7, 11) is 0. The predicted molar refractivity (Wildman–Crippen MR) is 69.1 cm³/mol. The van der Waals surface area contributed by atoms with E-state index < -0.39 is 23.5 Å². The number of alkyl halides is 3. The van der Waals surface area contributed by atoms with E-state index in [4.69, 9.17) is 0 Å². The highest BCUT2D eigenvalue weighted by atomic mass is 32.2. The van der Waals surface area contributed by atoms with Crippen LogP contribution < -0.4 is 5.32 Å². The minimum absolute atomic E-state index is 0.173. The van der Waals surface area contributed by atoms with E-state index in [1.165, 1.54) is 16.7 Å². The Labute approximate surface area is 121 Å². The van der Waals surface area contributed by atoms with Gasteiger partial charge in [0.15, 0.2) is 0 Å². The van der Waals surface area contributed by atoms with E-state index in [0.29, 0.717) is 18.0 Å². The van der Waals surface area contributed by atoms with Gasteiger partial charge in [0.05, 0.1) is 17.2 Å². The molecule has 0 aliphatic carbocycles. The van der Waals surface area contributed by atoms with Gasteiger partial charge in [0, 0.05) is 5.69 Å². The molecule has 0 radical (unpaired) electrons. The topological polar surface area (TPSA) is 49.4 Å². The molecule has 1 heterocycles. The smallest absolute Gasteiger partial charge is 0.325 e. The summed E-state index contributed by atoms with van der Waals surface area (Å²) in [6, 6.07) is 2.19. The van der Waals surface area contributed by atoms with E-state index >= 15 is 0 Å². The van der Waals surface area contributed by atoms with Crippen LogP contribution in [-0.4, -0.2) is 34.9 Å². The van der Waals surface area contributed by atoms with Crippen LogP contribution in [0.2, 0.25) is 0 Å². The van der Waals surface area contributed by atoms with Gasteiger partial charge in [-0.05, 0) is 18.2 Å². The molecule has 114 valence electrons. The van der Waals surface area contributed by atoms with Crippen LogP contribution in [0, 0.1) is 5.82 Å². The number of thioether (sulfide) groups is 1. The van der Waals surface area contributed by atoms with Gasteiger partial charge in [0.1, 0.15) is 12.4 Å². The molecule has 1 fully saturated rings. The fourth-order valence-electron chi connectivity index (χ4n) is 1.73. The van der Waals surface area contributed by atoms with Crippen molar-refractivity contribution in [3.63, 3.8) is 0 Å². The second-order valence-electron chi connectivity index (χ2n) is 4.31. The molecule has 4 nitrogen and oxygen atoms in total. The molecule has 2 amide bonds. The van der Waals surface area contributed by atoms with Crippen molar-refractivity contribution in [1.29, 1.82) is 0 Å². The Bertz CT molecular complexity index is 577. The molecule has 1 saturated heterocycles. The largest absolute Gasteiger partial charge is 0.419 e. The quantitative estimate of drug-likeness (QED) is 0.869. The summed E-state index contributed by atoms with van der Waals surface area (Å²) >= 11 is 1.34. The lowest BCUT2D eigenvalue weighted by Gasteiger charge is -2.15. The zero-order valence-electron chi connectivity index (χ0n) is 10.5. The van der Waals surface area contributed by atoms with Crippen molar-refractivity contribution in [3.8, 4) is 0 Å². The van der Waals surface area contributed by atoms with Gasteiger partial charge >= 0.3 is 6.18 Å². The summed E-state index contributed by atoms with van der Waals surface area (Å²) < 4.78 is 50.7. The minimum atomic E-state index is -4.84. The second-order valence-corrected chi connectivity index (χ2v) is 5.26. The third kappa shape index (κ3) is 3.87. The average Bonchev–Trinajstić information content (AvgIpc) is 2.76. The van der Waals surface area contributed by atoms with E-state index in [9.17, 15) is 27.2 Å². The van der Waals surface area contributed by atoms with Crippen molar-refractivity contribution in [1.82, 2.24) is 4.90 Å². The van der Waals surface area contributed by atoms with Crippen LogP contribution in [0.1, 0.15) is 5.56 Å². The highest BCUT2D eigenvalue weighted by molar-refractivity contribution is 8.00. The number of carbonyl (C=O) groups is 2. The molecule has 0 atom stereocenters. The van der Waals surface area contributed by atoms with E-state index in [1.54, 1.807) is 0 Å². The number of carbonyl (C=O) groups excluding carboxylic acids is 2. The number of rotatable bonds is 3. The van der Waals surface area contributed by atoms with Crippen molar-refractivity contribution in [3.05, 3.63) is 29.6 Å². The van der Waals surface area contributed by atoms with Crippen LogP contribution in [0.25, 0.3) is 0 Å². The number of anilines is 1. The lowest BCUT2D eigenvalue weighted by molar-refractivity contribution is -0.140. The summed E-state index contributed by atoms with van der Waals surface area (Å²) in [5.74, 6) is -1.60. The molecule has 0 aromatic heterocycles. The first kappa shape index (κ1) is 15.6. The summed E-state index contributed by atoms with van der Waals surface area (Å²) in [6.07, 6.45) is -4.84. The maximum Gasteiger partial charge on any atom is 0.419 e. The number of nitrogens with zero attached hydrogens (tertiary/aromatic N) is 1. The van der Waals surface area contributed by atoms with E-state index in [-0.39, 0.29) is 23.9 Å². The highest BCUT2D eigenvalue weighted by Gasteiger charge is 2.34. The van der Waals surface area contributed by atoms with Gasteiger partial charge in [-0.15, -0.1) is 11.8 Å².